The summed E-state index contributed by atoms with van der Waals surface area (Å²) in [5.74, 6) is -1.77. The molecule has 0 spiro atoms. The highest BCUT2D eigenvalue weighted by atomic mass is 32.2. The van der Waals surface area contributed by atoms with Gasteiger partial charge in [0.15, 0.2) is 0 Å². The first-order valence-corrected chi connectivity index (χ1v) is 23.4. The van der Waals surface area contributed by atoms with Crippen molar-refractivity contribution in [2.75, 3.05) is 47.0 Å². The maximum atomic E-state index is 12.1. The minimum absolute atomic E-state index is 0. The van der Waals surface area contributed by atoms with Crippen LogP contribution in [0.25, 0.3) is 0 Å². The van der Waals surface area contributed by atoms with Gasteiger partial charge in [-0.25, -0.2) is 4.79 Å². The summed E-state index contributed by atoms with van der Waals surface area (Å²) in [5, 5.41) is 5.74. The van der Waals surface area contributed by atoms with Crippen molar-refractivity contribution >= 4 is 76.8 Å². The van der Waals surface area contributed by atoms with E-state index in [1.54, 1.807) is 14.1 Å². The Morgan fingerprint density at radius 1 is 0.569 bits per heavy atom. The molecule has 3 aliphatic carbocycles. The second kappa shape index (κ2) is 26.0. The number of thioether (sulfide) groups is 1. The number of nitrogens with two attached hydrogens (primary N) is 1. The van der Waals surface area contributed by atoms with Gasteiger partial charge in [0.1, 0.15) is 0 Å². The van der Waals surface area contributed by atoms with Gasteiger partial charge in [-0.2, -0.15) is 11.8 Å². The van der Waals surface area contributed by atoms with Gasteiger partial charge in [0, 0.05) is 89.1 Å². The van der Waals surface area contributed by atoms with Gasteiger partial charge in [0.25, 0.3) is 35.4 Å². The highest BCUT2D eigenvalue weighted by Gasteiger charge is 2.40. The van der Waals surface area contributed by atoms with Crippen molar-refractivity contribution in [1.82, 2.24) is 30.4 Å². The van der Waals surface area contributed by atoms with E-state index in [1.165, 1.54) is 57.8 Å². The molecule has 19 nitrogen and oxygen atoms in total. The zero-order valence-corrected chi connectivity index (χ0v) is 38.1. The molecule has 0 radical (unpaired) electrons. The van der Waals surface area contributed by atoms with Crippen LogP contribution in [0.5, 0.6) is 0 Å². The smallest absolute Gasteiger partial charge is 0.336 e. The highest BCUT2D eigenvalue weighted by Crippen LogP contribution is 2.34. The Kier molecular flexibility index (Phi) is 21.7. The monoisotopic (exact) mass is 929 g/mol. The second-order valence-corrected chi connectivity index (χ2v) is 17.9. The summed E-state index contributed by atoms with van der Waals surface area (Å²) in [6.45, 7) is 1.38. The number of rotatable bonds is 11. The molecule has 1 unspecified atom stereocenters. The number of hydrogen-bond donors (Lipinski definition) is 3. The van der Waals surface area contributed by atoms with E-state index in [0.717, 1.165) is 51.4 Å². The molecule has 0 bridgehead atoms. The van der Waals surface area contributed by atoms with E-state index < -0.39 is 17.8 Å². The SMILES string of the molecule is C.CN.CNC(=O)C1CCC(CN2C(=O)C=CC2=O)CC1.CNC(=O)C1CCC(CN2C(=O)CC(SC)C2=O)CC1.O=C(ON1C(=O)CCC1=O)C1CCC(CN2C(=O)C=CC2=O)CC1. The van der Waals surface area contributed by atoms with Crippen LogP contribution in [0, 0.1) is 35.5 Å². The molecule has 2 saturated heterocycles. The van der Waals surface area contributed by atoms with E-state index in [2.05, 4.69) is 16.4 Å². The first-order chi connectivity index (χ1) is 30.6. The summed E-state index contributed by atoms with van der Waals surface area (Å²) >= 11 is 1.45. The van der Waals surface area contributed by atoms with Crippen LogP contribution in [0.2, 0.25) is 0 Å². The average molecular weight is 930 g/mol. The number of carbonyl (C=O) groups is 11. The molecule has 4 heterocycles. The van der Waals surface area contributed by atoms with E-state index in [4.69, 9.17) is 4.84 Å². The Labute approximate surface area is 385 Å². The number of nitrogens with zero attached hydrogens (tertiary/aromatic N) is 4. The maximum Gasteiger partial charge on any atom is 0.336 e. The predicted octanol–water partition coefficient (Wildman–Crippen LogP) is 2.03. The Morgan fingerprint density at radius 3 is 1.23 bits per heavy atom. The third-order valence-corrected chi connectivity index (χ3v) is 13.8. The lowest BCUT2D eigenvalue weighted by molar-refractivity contribution is -0.201. The molecular weight excluding hydrogens is 863 g/mol. The molecule has 20 heteroatoms. The van der Waals surface area contributed by atoms with Crippen molar-refractivity contribution in [2.24, 2.45) is 41.2 Å². The molecule has 65 heavy (non-hydrogen) atoms. The van der Waals surface area contributed by atoms with Gasteiger partial charge < -0.3 is 21.2 Å². The van der Waals surface area contributed by atoms with Crippen molar-refractivity contribution in [3.8, 4) is 0 Å². The van der Waals surface area contributed by atoms with Gasteiger partial charge in [-0.05, 0) is 108 Å². The molecule has 4 aliphatic heterocycles. The van der Waals surface area contributed by atoms with Crippen molar-refractivity contribution in [2.45, 2.75) is 109 Å². The third kappa shape index (κ3) is 14.6. The van der Waals surface area contributed by atoms with Gasteiger partial charge in [-0.1, -0.05) is 7.43 Å². The van der Waals surface area contributed by atoms with Crippen LogP contribution in [0.15, 0.2) is 24.3 Å². The van der Waals surface area contributed by atoms with Gasteiger partial charge in [0.2, 0.25) is 23.6 Å². The molecular formula is C45H67N7O12S. The molecule has 3 saturated carbocycles. The number of hydroxylamine groups is 2. The van der Waals surface area contributed by atoms with Crippen LogP contribution in [0.3, 0.4) is 0 Å². The Bertz CT molecular complexity index is 1800. The van der Waals surface area contributed by atoms with Crippen molar-refractivity contribution in [1.29, 1.82) is 0 Å². The summed E-state index contributed by atoms with van der Waals surface area (Å²) in [6.07, 6.45) is 17.0. The third-order valence-electron chi connectivity index (χ3n) is 12.9. The van der Waals surface area contributed by atoms with E-state index in [-0.39, 0.29) is 96.4 Å². The van der Waals surface area contributed by atoms with E-state index in [9.17, 15) is 52.7 Å². The predicted molar refractivity (Wildman–Crippen MR) is 239 cm³/mol. The minimum atomic E-state index is -0.563. The van der Waals surface area contributed by atoms with Crippen LogP contribution in [-0.4, -0.2) is 137 Å². The molecule has 5 fully saturated rings. The molecule has 0 aromatic heterocycles. The fraction of sp³-hybridized carbons (Fsp3) is 0.667. The zero-order valence-electron chi connectivity index (χ0n) is 37.3. The van der Waals surface area contributed by atoms with Crippen LogP contribution >= 0.6 is 11.8 Å². The Hall–Kier alpha value is -5.24. The molecule has 360 valence electrons. The minimum Gasteiger partial charge on any atom is -0.359 e. The summed E-state index contributed by atoms with van der Waals surface area (Å²) in [4.78, 5) is 137. The quantitative estimate of drug-likeness (QED) is 0.251. The first kappa shape index (κ1) is 54.1. The number of imide groups is 4. The van der Waals surface area contributed by atoms with Gasteiger partial charge in [-0.15, -0.1) is 5.06 Å². The first-order valence-electron chi connectivity index (χ1n) is 22.2. The molecule has 4 N–H and O–H groups in total. The molecule has 0 aromatic rings. The lowest BCUT2D eigenvalue weighted by Gasteiger charge is -2.29. The molecule has 1 atom stereocenters. The van der Waals surface area contributed by atoms with E-state index in [0.29, 0.717) is 68.6 Å². The fourth-order valence-electron chi connectivity index (χ4n) is 9.05. The second-order valence-electron chi connectivity index (χ2n) is 16.9. The summed E-state index contributed by atoms with van der Waals surface area (Å²) in [7, 11) is 4.82. The fourth-order valence-corrected chi connectivity index (χ4v) is 9.69. The van der Waals surface area contributed by atoms with Crippen molar-refractivity contribution < 1.29 is 57.6 Å². The van der Waals surface area contributed by atoms with Crippen LogP contribution in [-0.2, 0) is 57.6 Å². The Balaban J connectivity index is 0.000000255. The van der Waals surface area contributed by atoms with Gasteiger partial charge >= 0.3 is 5.97 Å². The lowest BCUT2D eigenvalue weighted by atomic mass is 9.81. The largest absolute Gasteiger partial charge is 0.359 e. The summed E-state index contributed by atoms with van der Waals surface area (Å²) < 4.78 is 0. The topological polar surface area (TPSA) is 260 Å². The van der Waals surface area contributed by atoms with E-state index >= 15 is 0 Å². The number of likely N-dealkylation sites (tertiary alicyclic amines) is 1. The number of nitrogens with one attached hydrogen (secondary N) is 2. The highest BCUT2D eigenvalue weighted by molar-refractivity contribution is 8.00. The lowest BCUT2D eigenvalue weighted by Crippen LogP contribution is -2.38. The Morgan fingerprint density at radius 2 is 0.908 bits per heavy atom. The van der Waals surface area contributed by atoms with E-state index in [1.807, 2.05) is 6.26 Å². The molecule has 7 rings (SSSR count). The standard InChI is InChI=1S/C16H18N2O6.C14H22N2O3S.C13H18N2O3.CH5N.CH4/c19-12-5-6-13(20)17(12)9-10-1-3-11(4-2-10)16(23)24-18-14(21)7-8-15(18)22;1-15-13(18)10-5-3-9(4-6-10)8-16-12(17)7-11(20-2)14(16)19;1-14-13(18)10-4-2-9(3-5-10)8-15-11(16)6-7-12(15)17;1-2;/h5-6,10-11H,1-4,7-9H2;9-11H,3-8H2,1-2H3,(H,15,18);6-7,9-10H,2-5,8H2,1H3,(H,14,18);2H2,1H3;1H4. The summed E-state index contributed by atoms with van der Waals surface area (Å²) in [6, 6.07) is 0. The van der Waals surface area contributed by atoms with Gasteiger partial charge in [-0.3, -0.25) is 62.6 Å². The molecule has 10 amide bonds. The molecule has 7 aliphatic rings. The number of hydrogen-bond acceptors (Lipinski definition) is 14. The number of carbonyl (C=O) groups excluding carboxylic acids is 11. The molecule has 0 aromatic carbocycles. The summed E-state index contributed by atoms with van der Waals surface area (Å²) in [5.41, 5.74) is 4.50. The number of amides is 10. The normalized spacial score (nSPS) is 27.3. The van der Waals surface area contributed by atoms with Crippen LogP contribution < -0.4 is 16.4 Å². The van der Waals surface area contributed by atoms with Crippen molar-refractivity contribution in [3.63, 3.8) is 0 Å². The van der Waals surface area contributed by atoms with Crippen LogP contribution in [0.4, 0.5) is 0 Å². The maximum absolute atomic E-state index is 12.1. The van der Waals surface area contributed by atoms with Crippen LogP contribution in [0.1, 0.15) is 104 Å². The van der Waals surface area contributed by atoms with Gasteiger partial charge in [0.05, 0.1) is 11.2 Å². The van der Waals surface area contributed by atoms with Crippen molar-refractivity contribution in [3.05, 3.63) is 24.3 Å². The average Bonchev–Trinajstić information content (AvgIpc) is 4.01. The zero-order chi connectivity index (χ0) is 47.1.